The average Bonchev–Trinajstić information content (AvgIpc) is 2.94. The fraction of sp³-hybridized carbons (Fsp3) is 0.259. The van der Waals surface area contributed by atoms with Crippen molar-refractivity contribution in [3.63, 3.8) is 0 Å². The number of nitro benzene ring substituents is 1. The number of benzene rings is 3. The molecule has 3 aromatic rings. The summed E-state index contributed by atoms with van der Waals surface area (Å²) in [5.41, 5.74) is 0.261. The Hall–Kier alpha value is -4.45. The number of sulfonamides is 1. The summed E-state index contributed by atoms with van der Waals surface area (Å²) >= 11 is 0. The van der Waals surface area contributed by atoms with E-state index in [2.05, 4.69) is 5.32 Å². The normalized spacial score (nSPS) is 11.8. The number of nitrogens with zero attached hydrogens (tertiary/aromatic N) is 3. The molecular formula is C27H30N4O7S. The van der Waals surface area contributed by atoms with Gasteiger partial charge in [0, 0.05) is 25.2 Å². The summed E-state index contributed by atoms with van der Waals surface area (Å²) in [6, 6.07) is 18.5. The predicted molar refractivity (Wildman–Crippen MR) is 146 cm³/mol. The number of carbonyl (C=O) groups is 2. The lowest BCUT2D eigenvalue weighted by molar-refractivity contribution is -0.384. The zero-order valence-electron chi connectivity index (χ0n) is 21.8. The summed E-state index contributed by atoms with van der Waals surface area (Å²) in [6.07, 6.45) is 0. The first kappa shape index (κ1) is 29.1. The van der Waals surface area contributed by atoms with Crippen LogP contribution in [0.1, 0.15) is 19.4 Å². The van der Waals surface area contributed by atoms with Crippen LogP contribution < -0.4 is 14.4 Å². The van der Waals surface area contributed by atoms with Crippen LogP contribution in [0.3, 0.4) is 0 Å². The lowest BCUT2D eigenvalue weighted by atomic mass is 10.1. The smallest absolute Gasteiger partial charge is 0.271 e. The Kier molecular flexibility index (Phi) is 9.61. The topological polar surface area (TPSA) is 139 Å². The van der Waals surface area contributed by atoms with E-state index < -0.39 is 39.3 Å². The summed E-state index contributed by atoms with van der Waals surface area (Å²) in [5.74, 6) is -0.542. The fourth-order valence-corrected chi connectivity index (χ4v) is 5.31. The van der Waals surface area contributed by atoms with E-state index in [1.807, 2.05) is 0 Å². The van der Waals surface area contributed by atoms with E-state index in [1.165, 1.54) is 54.5 Å². The standard InChI is InChI=1S/C27H30N4O7S/c1-4-28-27(33)20(2)29(18-21-10-8-13-24(16-21)38-3)26(32)19-30(22-11-9-12-23(17-22)31(34)35)39(36,37)25-14-6-5-7-15-25/h5-17,20H,4,18-19H2,1-3H3,(H,28,33)/t20-/m1/s1. The second-order valence-electron chi connectivity index (χ2n) is 8.55. The number of ether oxygens (including phenoxy) is 1. The van der Waals surface area contributed by atoms with Crippen molar-refractivity contribution in [3.05, 3.63) is 94.5 Å². The highest BCUT2D eigenvalue weighted by Gasteiger charge is 2.33. The fourth-order valence-electron chi connectivity index (χ4n) is 3.88. The van der Waals surface area contributed by atoms with Gasteiger partial charge in [0.15, 0.2) is 0 Å². The van der Waals surface area contributed by atoms with Gasteiger partial charge in [-0.2, -0.15) is 0 Å². The summed E-state index contributed by atoms with van der Waals surface area (Å²) in [5, 5.41) is 14.1. The zero-order valence-corrected chi connectivity index (χ0v) is 22.6. The van der Waals surface area contributed by atoms with Crippen LogP contribution in [-0.4, -0.2) is 56.3 Å². The number of likely N-dealkylation sites (N-methyl/N-ethyl adjacent to an activating group) is 1. The Bertz CT molecular complexity index is 1430. The summed E-state index contributed by atoms with van der Waals surface area (Å²) in [4.78, 5) is 38.5. The van der Waals surface area contributed by atoms with Gasteiger partial charge in [0.2, 0.25) is 11.8 Å². The molecule has 0 unspecified atom stereocenters. The third kappa shape index (κ3) is 7.11. The number of anilines is 1. The third-order valence-electron chi connectivity index (χ3n) is 5.94. The SMILES string of the molecule is CCNC(=O)[C@@H](C)N(Cc1cccc(OC)c1)C(=O)CN(c1cccc([N+](=O)[O-])c1)S(=O)(=O)c1ccccc1. The quantitative estimate of drug-likeness (QED) is 0.268. The van der Waals surface area contributed by atoms with Crippen LogP contribution in [0.25, 0.3) is 0 Å². The first-order valence-electron chi connectivity index (χ1n) is 12.1. The maximum Gasteiger partial charge on any atom is 0.271 e. The lowest BCUT2D eigenvalue weighted by Crippen LogP contribution is -2.51. The lowest BCUT2D eigenvalue weighted by Gasteiger charge is -2.32. The van der Waals surface area contributed by atoms with Crippen molar-refractivity contribution in [2.24, 2.45) is 0 Å². The van der Waals surface area contributed by atoms with E-state index in [0.29, 0.717) is 17.9 Å². The van der Waals surface area contributed by atoms with E-state index >= 15 is 0 Å². The molecule has 0 bridgehead atoms. The molecule has 0 spiro atoms. The molecule has 0 aliphatic carbocycles. The third-order valence-corrected chi connectivity index (χ3v) is 7.73. The summed E-state index contributed by atoms with van der Waals surface area (Å²) in [7, 11) is -2.82. The molecule has 206 valence electrons. The highest BCUT2D eigenvalue weighted by Crippen LogP contribution is 2.27. The maximum absolute atomic E-state index is 13.8. The van der Waals surface area contributed by atoms with Crippen LogP contribution in [-0.2, 0) is 26.2 Å². The number of nitro groups is 1. The molecule has 0 heterocycles. The van der Waals surface area contributed by atoms with Crippen molar-refractivity contribution in [1.29, 1.82) is 0 Å². The van der Waals surface area contributed by atoms with Crippen molar-refractivity contribution in [2.75, 3.05) is 24.5 Å². The second kappa shape index (κ2) is 12.9. The van der Waals surface area contributed by atoms with Crippen molar-refractivity contribution in [3.8, 4) is 5.75 Å². The van der Waals surface area contributed by atoms with Gasteiger partial charge in [0.1, 0.15) is 18.3 Å². The summed E-state index contributed by atoms with van der Waals surface area (Å²) < 4.78 is 33.5. The largest absolute Gasteiger partial charge is 0.497 e. The Balaban J connectivity index is 2.06. The summed E-state index contributed by atoms with van der Waals surface area (Å²) in [6.45, 7) is 2.92. The van der Waals surface area contributed by atoms with E-state index in [1.54, 1.807) is 44.2 Å². The second-order valence-corrected chi connectivity index (χ2v) is 10.4. The van der Waals surface area contributed by atoms with Crippen LogP contribution in [0.4, 0.5) is 11.4 Å². The minimum Gasteiger partial charge on any atom is -0.497 e. The number of non-ortho nitro benzene ring substituents is 1. The number of amides is 2. The molecule has 12 heteroatoms. The van der Waals surface area contributed by atoms with Gasteiger partial charge >= 0.3 is 0 Å². The highest BCUT2D eigenvalue weighted by atomic mass is 32.2. The predicted octanol–water partition coefficient (Wildman–Crippen LogP) is 3.35. The Morgan fingerprint density at radius 1 is 1.03 bits per heavy atom. The molecule has 0 saturated carbocycles. The molecule has 1 atom stereocenters. The van der Waals surface area contributed by atoms with Gasteiger partial charge in [0.25, 0.3) is 15.7 Å². The first-order valence-corrected chi connectivity index (χ1v) is 13.5. The Morgan fingerprint density at radius 2 is 1.72 bits per heavy atom. The maximum atomic E-state index is 13.8. The van der Waals surface area contributed by atoms with E-state index in [9.17, 15) is 28.1 Å². The van der Waals surface area contributed by atoms with E-state index in [-0.39, 0.29) is 22.8 Å². The molecule has 0 aliphatic heterocycles. The van der Waals surface area contributed by atoms with Crippen molar-refractivity contribution >= 4 is 33.2 Å². The number of methoxy groups -OCH3 is 1. The minimum atomic E-state index is -4.32. The van der Waals surface area contributed by atoms with Gasteiger partial charge in [-0.15, -0.1) is 0 Å². The number of hydrogen-bond donors (Lipinski definition) is 1. The van der Waals surface area contributed by atoms with Crippen LogP contribution in [0.2, 0.25) is 0 Å². The van der Waals surface area contributed by atoms with E-state index in [0.717, 1.165) is 10.4 Å². The molecule has 0 aromatic heterocycles. The molecule has 1 N–H and O–H groups in total. The van der Waals surface area contributed by atoms with Crippen molar-refractivity contribution in [1.82, 2.24) is 10.2 Å². The molecular weight excluding hydrogens is 524 g/mol. The average molecular weight is 555 g/mol. The monoisotopic (exact) mass is 554 g/mol. The first-order chi connectivity index (χ1) is 18.6. The molecule has 2 amide bonds. The number of rotatable bonds is 12. The molecule has 11 nitrogen and oxygen atoms in total. The number of carbonyl (C=O) groups excluding carboxylic acids is 2. The van der Waals surface area contributed by atoms with Gasteiger partial charge in [0.05, 0.1) is 22.6 Å². The van der Waals surface area contributed by atoms with Gasteiger partial charge in [-0.25, -0.2) is 8.42 Å². The van der Waals surface area contributed by atoms with Gasteiger partial charge < -0.3 is 15.0 Å². The van der Waals surface area contributed by atoms with Gasteiger partial charge in [-0.1, -0.05) is 36.4 Å². The molecule has 0 fully saturated rings. The molecule has 0 radical (unpaired) electrons. The molecule has 0 aliphatic rings. The van der Waals surface area contributed by atoms with Crippen LogP contribution in [0.5, 0.6) is 5.75 Å². The Morgan fingerprint density at radius 3 is 2.36 bits per heavy atom. The minimum absolute atomic E-state index is 0.0114. The van der Waals surface area contributed by atoms with Crippen LogP contribution >= 0.6 is 0 Å². The zero-order chi connectivity index (χ0) is 28.6. The molecule has 39 heavy (non-hydrogen) atoms. The number of hydrogen-bond acceptors (Lipinski definition) is 7. The van der Waals surface area contributed by atoms with Crippen molar-refractivity contribution in [2.45, 2.75) is 31.3 Å². The molecule has 3 rings (SSSR count). The Labute approximate surface area is 227 Å². The van der Waals surface area contributed by atoms with Crippen molar-refractivity contribution < 1.29 is 27.7 Å². The van der Waals surface area contributed by atoms with Crippen LogP contribution in [0, 0.1) is 10.1 Å². The van der Waals surface area contributed by atoms with E-state index in [4.69, 9.17) is 4.74 Å². The number of nitrogens with one attached hydrogen (secondary N) is 1. The van der Waals surface area contributed by atoms with Crippen LogP contribution in [0.15, 0.2) is 83.8 Å². The van der Waals surface area contributed by atoms with Gasteiger partial charge in [-0.3, -0.25) is 24.0 Å². The highest BCUT2D eigenvalue weighted by molar-refractivity contribution is 7.92. The molecule has 0 saturated heterocycles. The van der Waals surface area contributed by atoms with Gasteiger partial charge in [-0.05, 0) is 49.7 Å². The molecule has 3 aromatic carbocycles.